The van der Waals surface area contributed by atoms with E-state index in [1.807, 2.05) is 30.9 Å². The zero-order valence-electron chi connectivity index (χ0n) is 73.4. The largest absolute Gasteiger partial charge is 0.477 e. The van der Waals surface area contributed by atoms with E-state index in [0.29, 0.717) is 19.5 Å². The Balaban J connectivity index is 0.000000130. The number of imide groups is 2. The van der Waals surface area contributed by atoms with Gasteiger partial charge in [0.1, 0.15) is 4.88 Å². The number of amides is 7. The Morgan fingerprint density at radius 2 is 0.610 bits per heavy atom. The molecule has 6 aromatic carbocycles. The Bertz CT molecular complexity index is 7040. The normalized spacial score (nSPS) is 14.4. The predicted molar refractivity (Wildman–Crippen MR) is 517 cm³/mol. The first-order valence-corrected chi connectivity index (χ1v) is 50.1. The Labute approximate surface area is 844 Å². The first-order valence-electron chi connectivity index (χ1n) is 43.7. The van der Waals surface area contributed by atoms with Crippen LogP contribution in [0.3, 0.4) is 0 Å². The first kappa shape index (κ1) is 102. The van der Waals surface area contributed by atoms with Gasteiger partial charge in [-0.15, -0.1) is 45.3 Å². The molecule has 4 atom stereocenters. The quantitative estimate of drug-likeness (QED) is 0.0200. The number of aromatic nitrogens is 8. The number of rotatable bonds is 21. The van der Waals surface area contributed by atoms with Gasteiger partial charge in [-0.2, -0.15) is 20.4 Å². The Hall–Kier alpha value is -11.9. The first-order chi connectivity index (χ1) is 67.6. The summed E-state index contributed by atoms with van der Waals surface area (Å²) in [6.07, 6.45) is 13.4. The van der Waals surface area contributed by atoms with Crippen molar-refractivity contribution in [3.8, 4) is 45.0 Å². The predicted octanol–water partition coefficient (Wildman–Crippen LogP) is 18.7. The van der Waals surface area contributed by atoms with Gasteiger partial charge in [0.15, 0.2) is 69.8 Å². The average molecular weight is 2280 g/mol. The molecule has 0 fully saturated rings. The van der Waals surface area contributed by atoms with Crippen molar-refractivity contribution in [2.24, 2.45) is 17.2 Å². The van der Waals surface area contributed by atoms with Crippen molar-refractivity contribution in [2.45, 2.75) is 127 Å². The molecule has 14 aromatic rings. The van der Waals surface area contributed by atoms with E-state index in [0.717, 1.165) is 218 Å². The summed E-state index contributed by atoms with van der Waals surface area (Å²) in [4.78, 5) is 109. The van der Waals surface area contributed by atoms with Crippen molar-refractivity contribution in [3.63, 3.8) is 0 Å². The summed E-state index contributed by atoms with van der Waals surface area (Å²) in [7, 11) is 0. The molecule has 0 saturated heterocycles. The molecular weight excluding hydrogens is 2200 g/mol. The second-order valence-electron chi connectivity index (χ2n) is 33.2. The number of carbonyl (C=O) groups is 8. The molecule has 20 rings (SSSR count). The molecule has 10 N–H and O–H groups in total. The molecule has 6 aliphatic rings. The standard InChI is InChI=1S/C28H20BrF3N4O3S.2C20H18BrF3N4OS.C17H13F3N2O2.C11H9BrN2O2S/c29-19-12-33-36-9-3-6-21-18(25(19)36)11-22(40-21)26(37)34-15(10-14-7-8-20(30)24(32)23(14)31)13-35-27(38)16-4-1-2-5-17(16)28(35)39;2*21-13-9-26-28-5-1-2-15-12(19(13)28)7-16(30-15)20(29)27-11(8-25)6-10-3-4-14(22)18(24)17(10)23;18-13-6-5-9(14(19)15(13)20)7-10(21)8-22-16(23)11-3-1-2-4-12(11)17(22)24;12-7-5-13-14-3-1-2-8-6(10(7)14)4-9(17-8)11(15)16/h1-2,4-5,7-8,11-12,15H,3,6,9-10,13H2,(H,34,37);2*3-4,7,9,11H,1-2,5-6,8,25H2,(H,27,29);1-6,10H,7-8,21H2;4-5H,1-3H2,(H,15,16)/t15-;2*11-;10-;/m0000./s1. The molecule has 0 aliphatic carbocycles. The molecular formula is C96H78Br4F12N16O9S4. The maximum atomic E-state index is 14.6. The minimum Gasteiger partial charge on any atom is -0.477 e. The average Bonchev–Trinajstić information content (AvgIpc) is 1.62. The number of halogens is 16. The summed E-state index contributed by atoms with van der Waals surface area (Å²) in [5, 5.41) is 34.8. The van der Waals surface area contributed by atoms with Crippen LogP contribution in [0.1, 0.15) is 148 Å². The van der Waals surface area contributed by atoms with Crippen LogP contribution < -0.4 is 33.2 Å². The number of carboxylic acid groups (broad SMARTS) is 1. The minimum absolute atomic E-state index is 0.0214. The highest BCUT2D eigenvalue weighted by Crippen LogP contribution is 2.45. The van der Waals surface area contributed by atoms with E-state index < -0.39 is 129 Å². The number of carbonyl (C=O) groups excluding carboxylic acids is 7. The van der Waals surface area contributed by atoms with Crippen molar-refractivity contribution < 1.29 is 96.1 Å². The highest BCUT2D eigenvalue weighted by atomic mass is 79.9. The van der Waals surface area contributed by atoms with Gasteiger partial charge < -0.3 is 38.3 Å². The number of nitrogens with zero attached hydrogens (tertiary/aromatic N) is 10. The van der Waals surface area contributed by atoms with Crippen molar-refractivity contribution >= 4 is 156 Å². The lowest BCUT2D eigenvalue weighted by atomic mass is 10.0. The van der Waals surface area contributed by atoms with E-state index in [1.165, 1.54) is 69.6 Å². The molecule has 732 valence electrons. The topological polar surface area (TPSA) is 349 Å². The third kappa shape index (κ3) is 21.7. The molecule has 0 radical (unpaired) electrons. The number of carboxylic acids is 1. The summed E-state index contributed by atoms with van der Waals surface area (Å²) >= 11 is 19.5. The Kier molecular flexibility index (Phi) is 31.8. The van der Waals surface area contributed by atoms with Gasteiger partial charge in [0.25, 0.3) is 41.4 Å². The molecule has 14 heterocycles. The van der Waals surface area contributed by atoms with Crippen LogP contribution >= 0.6 is 109 Å². The van der Waals surface area contributed by atoms with Gasteiger partial charge in [-0.1, -0.05) is 48.5 Å². The minimum atomic E-state index is -1.63. The highest BCUT2D eigenvalue weighted by Gasteiger charge is 2.40. The van der Waals surface area contributed by atoms with Gasteiger partial charge in [-0.05, 0) is 236 Å². The molecule has 0 saturated carbocycles. The van der Waals surface area contributed by atoms with Crippen LogP contribution in [0, 0.1) is 69.8 Å². The fourth-order valence-electron chi connectivity index (χ4n) is 17.1. The van der Waals surface area contributed by atoms with Crippen LogP contribution in [0.2, 0.25) is 0 Å². The summed E-state index contributed by atoms with van der Waals surface area (Å²) < 4.78 is 174. The van der Waals surface area contributed by atoms with Crippen LogP contribution in [-0.2, 0) is 77.5 Å². The lowest BCUT2D eigenvalue weighted by Crippen LogP contribution is -2.47. The monoisotopic (exact) mass is 2270 g/mol. The SMILES string of the molecule is NC[C@H](Cc1ccc(F)c(F)c1F)NC(=O)c1cc2c(s1)CCCn1ncc(Br)c1-2.NC[C@H](Cc1ccc(F)c(F)c1F)NC(=O)c1cc2c(s1)CCCn1ncc(Br)c1-2.N[C@@H](Cc1ccc(F)c(F)c1F)CN1C(=O)c2ccccc2C1=O.O=C(N[C@@H](Cc1ccc(F)c(F)c1F)CN1C(=O)c2ccccc2C1=O)c1cc2c(s1)CCCn1ncc(Br)c1-2.O=C(O)c1cc2c(s1)CCCn1ncc(Br)c1-2. The van der Waals surface area contributed by atoms with E-state index in [4.69, 9.17) is 22.3 Å². The van der Waals surface area contributed by atoms with Crippen molar-refractivity contribution in [2.75, 3.05) is 26.2 Å². The van der Waals surface area contributed by atoms with Gasteiger partial charge in [0.2, 0.25) is 0 Å². The smallest absolute Gasteiger partial charge is 0.345 e. The number of nitrogens with one attached hydrogen (secondary N) is 3. The van der Waals surface area contributed by atoms with Gasteiger partial charge in [-0.25, -0.2) is 57.5 Å². The lowest BCUT2D eigenvalue weighted by molar-refractivity contribution is 0.0621. The summed E-state index contributed by atoms with van der Waals surface area (Å²) in [6, 6.07) is 24.6. The van der Waals surface area contributed by atoms with E-state index >= 15 is 0 Å². The number of hydrogen-bond donors (Lipinski definition) is 7. The second-order valence-corrected chi connectivity index (χ2v) is 41.2. The number of aryl methyl sites for hydroxylation is 8. The number of nitrogens with two attached hydrogens (primary N) is 3. The molecule has 6 aliphatic heterocycles. The Morgan fingerprint density at radius 3 is 0.894 bits per heavy atom. The number of hydrogen-bond acceptors (Lipinski definition) is 19. The van der Waals surface area contributed by atoms with Gasteiger partial charge in [0.05, 0.1) is 108 Å². The number of aromatic carboxylic acids is 1. The maximum absolute atomic E-state index is 14.6. The third-order valence-corrected chi connectivity index (χ3v) is 31.0. The molecule has 141 heavy (non-hydrogen) atoms. The van der Waals surface area contributed by atoms with Gasteiger partial charge in [0, 0.05) is 112 Å². The van der Waals surface area contributed by atoms with E-state index in [2.05, 4.69) is 100 Å². The Morgan fingerprint density at radius 1 is 0.355 bits per heavy atom. The highest BCUT2D eigenvalue weighted by molar-refractivity contribution is 9.11. The number of fused-ring (bicyclic) bond motifs is 14. The molecule has 0 bridgehead atoms. The fourth-order valence-corrected chi connectivity index (χ4v) is 23.5. The van der Waals surface area contributed by atoms with E-state index in [-0.39, 0.29) is 108 Å². The van der Waals surface area contributed by atoms with Crippen LogP contribution in [-0.4, -0.2) is 152 Å². The van der Waals surface area contributed by atoms with Crippen molar-refractivity contribution in [1.82, 2.24) is 64.9 Å². The molecule has 0 spiro atoms. The maximum Gasteiger partial charge on any atom is 0.345 e. The summed E-state index contributed by atoms with van der Waals surface area (Å²) in [5.41, 5.74) is 25.5. The molecule has 25 nitrogen and oxygen atoms in total. The van der Waals surface area contributed by atoms with E-state index in [9.17, 15) is 91.0 Å². The summed E-state index contributed by atoms with van der Waals surface area (Å²) in [5.74, 6) is -20.7. The molecule has 8 aromatic heterocycles. The molecule has 7 amide bonds. The van der Waals surface area contributed by atoms with Crippen molar-refractivity contribution in [3.05, 3.63) is 317 Å². The van der Waals surface area contributed by atoms with Crippen LogP contribution in [0.5, 0.6) is 0 Å². The molecule has 0 unspecified atom stereocenters. The van der Waals surface area contributed by atoms with Gasteiger partial charge in [-0.3, -0.25) is 62.1 Å². The fraction of sp³-hybridized carbons (Fsp3) is 0.250. The zero-order valence-corrected chi connectivity index (χ0v) is 83.0. The number of thiophene rings is 4. The third-order valence-electron chi connectivity index (χ3n) is 23.9. The van der Waals surface area contributed by atoms with Crippen LogP contribution in [0.25, 0.3) is 45.0 Å². The van der Waals surface area contributed by atoms with Crippen LogP contribution in [0.4, 0.5) is 52.7 Å². The van der Waals surface area contributed by atoms with Crippen LogP contribution in [0.15, 0.2) is 164 Å². The van der Waals surface area contributed by atoms with Crippen molar-refractivity contribution in [1.29, 1.82) is 0 Å². The lowest BCUT2D eigenvalue weighted by Gasteiger charge is -2.24. The van der Waals surface area contributed by atoms with E-state index in [1.54, 1.807) is 61.2 Å². The zero-order chi connectivity index (χ0) is 100. The molecule has 45 heteroatoms. The number of benzene rings is 6. The summed E-state index contributed by atoms with van der Waals surface area (Å²) in [6.45, 7) is 2.83. The van der Waals surface area contributed by atoms with Gasteiger partial charge >= 0.3 is 5.97 Å². The second kappa shape index (κ2) is 43.9.